The lowest BCUT2D eigenvalue weighted by molar-refractivity contribution is 0.528. The lowest BCUT2D eigenvalue weighted by Gasteiger charge is -2.12. The molecule has 0 bridgehead atoms. The summed E-state index contributed by atoms with van der Waals surface area (Å²) in [5, 5.41) is 0. The van der Waals surface area contributed by atoms with Crippen molar-refractivity contribution in [1.29, 1.82) is 0 Å². The minimum atomic E-state index is 0.721. The van der Waals surface area contributed by atoms with Crippen LogP contribution in [0.4, 0.5) is 0 Å². The highest BCUT2D eigenvalue weighted by molar-refractivity contribution is 5.23. The molecule has 1 atom stereocenters. The lowest BCUT2D eigenvalue weighted by atomic mass is 9.94. The number of hydrogen-bond donors (Lipinski definition) is 0. The van der Waals surface area contributed by atoms with Crippen molar-refractivity contribution in [2.45, 2.75) is 110 Å². The van der Waals surface area contributed by atoms with E-state index in [1.54, 1.807) is 0 Å². The smallest absolute Gasteiger partial charge is 0.0190 e. The Hall–Kier alpha value is -0.780. The Bertz CT molecular complexity index is 362. The van der Waals surface area contributed by atoms with Crippen LogP contribution in [0.3, 0.4) is 0 Å². The van der Waals surface area contributed by atoms with Crippen molar-refractivity contribution in [3.05, 3.63) is 35.4 Å². The van der Waals surface area contributed by atoms with E-state index < -0.39 is 0 Å². The van der Waals surface area contributed by atoms with Gasteiger partial charge in [-0.15, -0.1) is 0 Å². The lowest BCUT2D eigenvalue weighted by Crippen LogP contribution is -1.94. The molecule has 23 heavy (non-hydrogen) atoms. The Balaban J connectivity index is 1.88. The molecule has 0 fully saturated rings. The number of hydrogen-bond acceptors (Lipinski definition) is 0. The number of aryl methyl sites for hydroxylation is 1. The van der Waals surface area contributed by atoms with Gasteiger partial charge in [0.2, 0.25) is 0 Å². The van der Waals surface area contributed by atoms with E-state index in [9.17, 15) is 0 Å². The van der Waals surface area contributed by atoms with Gasteiger partial charge < -0.3 is 0 Å². The standard InChI is InChI=1S/C23H40/c1-4-5-6-7-8-9-10-11-12-13-14-15-16-22(3)23-19-17-21(2)18-20-23/h17-20,22H,4-16H2,1-3H3. The fourth-order valence-corrected chi connectivity index (χ4v) is 3.35. The summed E-state index contributed by atoms with van der Waals surface area (Å²) in [6.07, 6.45) is 18.6. The van der Waals surface area contributed by atoms with Crippen LogP contribution in [0.1, 0.15) is 114 Å². The molecule has 0 spiro atoms. The fraction of sp³-hybridized carbons (Fsp3) is 0.739. The average molecular weight is 317 g/mol. The Labute approximate surface area is 146 Å². The van der Waals surface area contributed by atoms with Gasteiger partial charge in [-0.3, -0.25) is 0 Å². The molecule has 1 rings (SSSR count). The molecule has 0 nitrogen and oxygen atoms in total. The van der Waals surface area contributed by atoms with E-state index in [0.717, 1.165) is 5.92 Å². The maximum Gasteiger partial charge on any atom is -0.0190 e. The third-order valence-electron chi connectivity index (χ3n) is 5.14. The van der Waals surface area contributed by atoms with Crippen molar-refractivity contribution in [2.75, 3.05) is 0 Å². The fourth-order valence-electron chi connectivity index (χ4n) is 3.35. The molecule has 0 amide bonds. The van der Waals surface area contributed by atoms with E-state index in [-0.39, 0.29) is 0 Å². The van der Waals surface area contributed by atoms with E-state index in [0.29, 0.717) is 0 Å². The molecule has 1 aromatic carbocycles. The van der Waals surface area contributed by atoms with Gasteiger partial charge in [0.15, 0.2) is 0 Å². The summed E-state index contributed by atoms with van der Waals surface area (Å²) < 4.78 is 0. The minimum absolute atomic E-state index is 0.721. The van der Waals surface area contributed by atoms with Crippen LogP contribution in [-0.4, -0.2) is 0 Å². The molecule has 0 saturated carbocycles. The quantitative estimate of drug-likeness (QED) is 0.303. The van der Waals surface area contributed by atoms with E-state index in [1.165, 1.54) is 94.6 Å². The Kier molecular flexibility index (Phi) is 12.0. The zero-order valence-electron chi connectivity index (χ0n) is 16.1. The third-order valence-corrected chi connectivity index (χ3v) is 5.14. The zero-order chi connectivity index (χ0) is 16.8. The maximum atomic E-state index is 2.38. The molecule has 0 aromatic heterocycles. The van der Waals surface area contributed by atoms with E-state index >= 15 is 0 Å². The van der Waals surface area contributed by atoms with Gasteiger partial charge in [-0.2, -0.15) is 0 Å². The minimum Gasteiger partial charge on any atom is -0.0654 e. The maximum absolute atomic E-state index is 2.38. The summed E-state index contributed by atoms with van der Waals surface area (Å²) >= 11 is 0. The van der Waals surface area contributed by atoms with Crippen LogP contribution in [0.15, 0.2) is 24.3 Å². The van der Waals surface area contributed by atoms with Crippen molar-refractivity contribution in [2.24, 2.45) is 0 Å². The molecule has 0 heteroatoms. The average Bonchev–Trinajstić information content (AvgIpc) is 2.56. The van der Waals surface area contributed by atoms with E-state index in [2.05, 4.69) is 45.0 Å². The predicted molar refractivity (Wildman–Crippen MR) is 105 cm³/mol. The van der Waals surface area contributed by atoms with Crippen molar-refractivity contribution in [3.63, 3.8) is 0 Å². The molecule has 0 saturated heterocycles. The second kappa shape index (κ2) is 13.6. The van der Waals surface area contributed by atoms with Crippen molar-refractivity contribution >= 4 is 0 Å². The van der Waals surface area contributed by atoms with Gasteiger partial charge in [-0.1, -0.05) is 121 Å². The first-order chi connectivity index (χ1) is 11.2. The molecular formula is C23H40. The molecule has 1 unspecified atom stereocenters. The summed E-state index contributed by atoms with van der Waals surface area (Å²) in [5.41, 5.74) is 2.88. The second-order valence-corrected chi connectivity index (χ2v) is 7.49. The number of rotatable bonds is 14. The van der Waals surface area contributed by atoms with Gasteiger partial charge in [0.1, 0.15) is 0 Å². The van der Waals surface area contributed by atoms with Crippen LogP contribution < -0.4 is 0 Å². The van der Waals surface area contributed by atoms with Crippen LogP contribution in [0.25, 0.3) is 0 Å². The Morgan fingerprint density at radius 1 is 0.652 bits per heavy atom. The Morgan fingerprint density at radius 2 is 1.09 bits per heavy atom. The molecule has 0 radical (unpaired) electrons. The van der Waals surface area contributed by atoms with Gasteiger partial charge in [-0.05, 0) is 24.8 Å². The van der Waals surface area contributed by atoms with Crippen LogP contribution in [0.2, 0.25) is 0 Å². The molecule has 0 aliphatic carbocycles. The SMILES string of the molecule is CCCCCCCCCCCCCCC(C)c1ccc(C)cc1. The third kappa shape index (κ3) is 10.6. The number of unbranched alkanes of at least 4 members (excludes halogenated alkanes) is 11. The first-order valence-electron chi connectivity index (χ1n) is 10.3. The van der Waals surface area contributed by atoms with E-state index in [1.807, 2.05) is 0 Å². The zero-order valence-corrected chi connectivity index (χ0v) is 16.1. The molecule has 0 aliphatic heterocycles. The van der Waals surface area contributed by atoms with Crippen LogP contribution >= 0.6 is 0 Å². The topological polar surface area (TPSA) is 0 Å². The highest BCUT2D eigenvalue weighted by Crippen LogP contribution is 2.22. The molecule has 0 aliphatic rings. The number of benzene rings is 1. The molecule has 0 heterocycles. The summed E-state index contributed by atoms with van der Waals surface area (Å²) in [6, 6.07) is 9.10. The first kappa shape index (κ1) is 20.3. The normalized spacial score (nSPS) is 12.5. The van der Waals surface area contributed by atoms with Gasteiger partial charge in [0, 0.05) is 0 Å². The Morgan fingerprint density at radius 3 is 1.57 bits per heavy atom. The molecular weight excluding hydrogens is 276 g/mol. The second-order valence-electron chi connectivity index (χ2n) is 7.49. The van der Waals surface area contributed by atoms with Gasteiger partial charge >= 0.3 is 0 Å². The van der Waals surface area contributed by atoms with E-state index in [4.69, 9.17) is 0 Å². The molecule has 1 aromatic rings. The van der Waals surface area contributed by atoms with Crippen molar-refractivity contribution < 1.29 is 0 Å². The van der Waals surface area contributed by atoms with Gasteiger partial charge in [0.25, 0.3) is 0 Å². The summed E-state index contributed by atoms with van der Waals surface area (Å²) in [4.78, 5) is 0. The van der Waals surface area contributed by atoms with Crippen molar-refractivity contribution in [3.8, 4) is 0 Å². The summed E-state index contributed by atoms with van der Waals surface area (Å²) in [6.45, 7) is 6.84. The molecule has 132 valence electrons. The molecule has 0 N–H and O–H groups in total. The highest BCUT2D eigenvalue weighted by atomic mass is 14.1. The summed E-state index contributed by atoms with van der Waals surface area (Å²) in [5.74, 6) is 0.721. The van der Waals surface area contributed by atoms with Crippen LogP contribution in [0, 0.1) is 6.92 Å². The van der Waals surface area contributed by atoms with Gasteiger partial charge in [-0.25, -0.2) is 0 Å². The van der Waals surface area contributed by atoms with Crippen LogP contribution in [0.5, 0.6) is 0 Å². The van der Waals surface area contributed by atoms with Crippen LogP contribution in [-0.2, 0) is 0 Å². The highest BCUT2D eigenvalue weighted by Gasteiger charge is 2.04. The predicted octanol–water partition coefficient (Wildman–Crippen LogP) is 8.19. The summed E-state index contributed by atoms with van der Waals surface area (Å²) in [7, 11) is 0. The van der Waals surface area contributed by atoms with Crippen molar-refractivity contribution in [1.82, 2.24) is 0 Å². The van der Waals surface area contributed by atoms with Gasteiger partial charge in [0.05, 0.1) is 0 Å². The first-order valence-corrected chi connectivity index (χ1v) is 10.3. The monoisotopic (exact) mass is 316 g/mol. The largest absolute Gasteiger partial charge is 0.0654 e.